The van der Waals surface area contributed by atoms with Crippen molar-refractivity contribution in [2.45, 2.75) is 65.2 Å². The van der Waals surface area contributed by atoms with E-state index in [9.17, 15) is 0 Å². The third kappa shape index (κ3) is 41.0. The molecule has 0 unspecified atom stereocenters. The van der Waals surface area contributed by atoms with Crippen molar-refractivity contribution in [2.24, 2.45) is 0 Å². The summed E-state index contributed by atoms with van der Waals surface area (Å²) >= 11 is 0. The first-order valence-electron chi connectivity index (χ1n) is 8.26. The number of unbranched alkanes of at least 4 members (excludes halogenated alkanes) is 7. The normalized spacial score (nSPS) is 11.4. The fourth-order valence-corrected chi connectivity index (χ4v) is 1.50. The summed E-state index contributed by atoms with van der Waals surface area (Å²) in [5, 5.41) is 27.5. The molecule has 0 aromatic heterocycles. The largest absolute Gasteiger partial charge is 0.466 e. The van der Waals surface area contributed by atoms with Gasteiger partial charge in [0.15, 0.2) is 0 Å². The van der Waals surface area contributed by atoms with E-state index in [2.05, 4.69) is 52.0 Å². The van der Waals surface area contributed by atoms with Gasteiger partial charge in [-0.05, 0) is 34.5 Å². The molecule has 0 saturated heterocycles. The van der Waals surface area contributed by atoms with Crippen LogP contribution in [0.25, 0.3) is 0 Å². The van der Waals surface area contributed by atoms with Crippen LogP contribution in [0.1, 0.15) is 65.2 Å². The lowest BCUT2D eigenvalue weighted by Crippen LogP contribution is -2.02. The van der Waals surface area contributed by atoms with Gasteiger partial charge in [0, 0.05) is 20.2 Å². The minimum absolute atomic E-state index is 0.385. The first-order chi connectivity index (χ1) is 12.9. The van der Waals surface area contributed by atoms with E-state index in [0.29, 0.717) is 6.61 Å². The fourth-order valence-electron chi connectivity index (χ4n) is 1.50. The van der Waals surface area contributed by atoms with Crippen LogP contribution >= 0.6 is 7.82 Å². The molecular weight excluding hydrogens is 395 g/mol. The number of phosphoric acid groups is 1. The topological polar surface area (TPSA) is 161 Å². The van der Waals surface area contributed by atoms with Crippen molar-refractivity contribution in [3.63, 3.8) is 0 Å². The second-order valence-corrected chi connectivity index (χ2v) is 5.88. The Labute approximate surface area is 157 Å². The third-order valence-electron chi connectivity index (χ3n) is 2.53. The Bertz CT molecular complexity index is 341. The van der Waals surface area contributed by atoms with Crippen molar-refractivity contribution in [1.29, 1.82) is 0 Å². The summed E-state index contributed by atoms with van der Waals surface area (Å²) in [7, 11) is -4.64. The lowest BCUT2D eigenvalue weighted by Gasteiger charge is -2.02. The summed E-state index contributed by atoms with van der Waals surface area (Å²) in [5.74, 6) is 0. The zero-order valence-electron chi connectivity index (χ0n) is 15.4. The Morgan fingerprint density at radius 2 is 1.19 bits per heavy atom. The first kappa shape index (κ1) is 28.5. The van der Waals surface area contributed by atoms with Gasteiger partial charge in [-0.1, -0.05) is 51.9 Å². The van der Waals surface area contributed by atoms with Crippen molar-refractivity contribution < 1.29 is 64.3 Å². The van der Waals surface area contributed by atoms with Gasteiger partial charge >= 0.3 is 7.82 Å². The quantitative estimate of drug-likeness (QED) is 0.0968. The number of hydrogen-bond donors (Lipinski definition) is 3. The molecule has 0 bridgehead atoms. The molecule has 0 spiro atoms. The van der Waals surface area contributed by atoms with E-state index in [1.807, 2.05) is 0 Å². The SMILES string of the molecule is CC=COOOOOOOOOCCCCCCCCCC.O=P(O)(O)O. The summed E-state index contributed by atoms with van der Waals surface area (Å²) in [6, 6.07) is 0. The molecule has 0 aliphatic carbocycles. The molecule has 164 valence electrons. The maximum Gasteiger partial charge on any atom is 0.466 e. The van der Waals surface area contributed by atoms with Gasteiger partial charge in [0.2, 0.25) is 0 Å². The van der Waals surface area contributed by atoms with E-state index >= 15 is 0 Å². The molecule has 3 N–H and O–H groups in total. The van der Waals surface area contributed by atoms with Crippen molar-refractivity contribution in [2.75, 3.05) is 6.61 Å². The van der Waals surface area contributed by atoms with Crippen molar-refractivity contribution in [3.8, 4) is 0 Å². The molecule has 0 aromatic carbocycles. The third-order valence-corrected chi connectivity index (χ3v) is 2.53. The summed E-state index contributed by atoms with van der Waals surface area (Å²) in [4.78, 5) is 30.5. The van der Waals surface area contributed by atoms with E-state index < -0.39 is 7.82 Å². The Balaban J connectivity index is 0. The van der Waals surface area contributed by atoms with E-state index in [4.69, 9.17) is 19.2 Å². The maximum atomic E-state index is 8.88. The summed E-state index contributed by atoms with van der Waals surface area (Å²) in [6.07, 6.45) is 12.3. The van der Waals surface area contributed by atoms with Crippen molar-refractivity contribution >= 4 is 7.82 Å². The smallest absolute Gasteiger partial charge is 0.314 e. The van der Waals surface area contributed by atoms with Gasteiger partial charge in [0.05, 0.1) is 6.61 Å². The van der Waals surface area contributed by atoms with E-state index in [1.165, 1.54) is 44.8 Å². The van der Waals surface area contributed by atoms with Gasteiger partial charge in [-0.3, -0.25) is 0 Å². The maximum absolute atomic E-state index is 8.88. The summed E-state index contributed by atoms with van der Waals surface area (Å²) in [5.41, 5.74) is 0. The molecule has 0 aromatic rings. The van der Waals surface area contributed by atoms with E-state index in [-0.39, 0.29) is 0 Å². The highest BCUT2D eigenvalue weighted by atomic mass is 31.2. The molecule has 0 heterocycles. The van der Waals surface area contributed by atoms with Gasteiger partial charge in [0.1, 0.15) is 6.26 Å². The Morgan fingerprint density at radius 1 is 0.741 bits per heavy atom. The van der Waals surface area contributed by atoms with Crippen LogP contribution in [-0.4, -0.2) is 21.3 Å². The molecule has 0 rings (SSSR count). The highest BCUT2D eigenvalue weighted by Gasteiger charge is 2.00. The average Bonchev–Trinajstić information content (AvgIpc) is 2.59. The highest BCUT2D eigenvalue weighted by Crippen LogP contribution is 2.25. The number of rotatable bonds is 18. The molecule has 0 atom stereocenters. The second kappa shape index (κ2) is 23.4. The predicted octanol–water partition coefficient (Wildman–Crippen LogP) is 3.20. The first-order valence-corrected chi connectivity index (χ1v) is 9.82. The van der Waals surface area contributed by atoms with Crippen LogP contribution in [0.15, 0.2) is 12.3 Å². The molecule has 0 radical (unpaired) electrons. The molecule has 0 aliphatic rings. The van der Waals surface area contributed by atoms with Gasteiger partial charge in [-0.15, -0.1) is 0 Å². The van der Waals surface area contributed by atoms with Crippen molar-refractivity contribution in [3.05, 3.63) is 12.3 Å². The lowest BCUT2D eigenvalue weighted by molar-refractivity contribution is -0.829. The Hall–Kier alpha value is -0.670. The molecule has 14 heteroatoms. The Morgan fingerprint density at radius 3 is 1.70 bits per heavy atom. The van der Waals surface area contributed by atoms with Crippen LogP contribution in [0, 0.1) is 0 Å². The monoisotopic (exact) mass is 424 g/mol. The second-order valence-electron chi connectivity index (χ2n) is 4.85. The zero-order valence-corrected chi connectivity index (χ0v) is 16.3. The molecule has 13 nitrogen and oxygen atoms in total. The summed E-state index contributed by atoms with van der Waals surface area (Å²) in [6.45, 7) is 4.30. The number of allylic oxidation sites excluding steroid dienone is 1. The van der Waals surface area contributed by atoms with Crippen LogP contribution in [0.3, 0.4) is 0 Å². The predicted molar refractivity (Wildman–Crippen MR) is 86.3 cm³/mol. The summed E-state index contributed by atoms with van der Waals surface area (Å²) < 4.78 is 8.88. The van der Waals surface area contributed by atoms with Crippen LogP contribution < -0.4 is 0 Å². The minimum atomic E-state index is -4.64. The van der Waals surface area contributed by atoms with E-state index in [0.717, 1.165) is 12.8 Å². The van der Waals surface area contributed by atoms with E-state index in [1.54, 1.807) is 13.0 Å². The van der Waals surface area contributed by atoms with Crippen LogP contribution in [-0.2, 0) is 49.6 Å². The minimum Gasteiger partial charge on any atom is -0.314 e. The molecule has 27 heavy (non-hydrogen) atoms. The van der Waals surface area contributed by atoms with Crippen LogP contribution in [0.5, 0.6) is 0 Å². The van der Waals surface area contributed by atoms with Gasteiger partial charge < -0.3 is 19.6 Å². The molecule has 0 aliphatic heterocycles. The van der Waals surface area contributed by atoms with Crippen LogP contribution in [0.4, 0.5) is 0 Å². The van der Waals surface area contributed by atoms with Gasteiger partial charge in [-0.25, -0.2) is 9.45 Å². The Kier molecular flexibility index (Phi) is 24.7. The van der Waals surface area contributed by atoms with Crippen LogP contribution in [0.2, 0.25) is 0 Å². The molecule has 0 saturated carbocycles. The van der Waals surface area contributed by atoms with Crippen molar-refractivity contribution in [1.82, 2.24) is 0 Å². The van der Waals surface area contributed by atoms with Gasteiger partial charge in [0.25, 0.3) is 0 Å². The fraction of sp³-hybridized carbons (Fsp3) is 0.846. The zero-order chi connectivity index (χ0) is 20.6. The molecular formula is C13H29O13P. The lowest BCUT2D eigenvalue weighted by atomic mass is 10.1. The number of hydrogen-bond acceptors (Lipinski definition) is 10. The molecule has 0 amide bonds. The molecule has 0 fully saturated rings. The highest BCUT2D eigenvalue weighted by molar-refractivity contribution is 7.45. The standard InChI is InChI=1S/C13H26O9.H3O4P/c1-3-5-6-7-8-9-10-11-13-15-17-19-21-22-20-18-16-14-12-4-2;1-5(2,3)4/h4,12H,3,5-11,13H2,1-2H3;(H3,1,2,3,4). The average molecular weight is 424 g/mol. The van der Waals surface area contributed by atoms with Gasteiger partial charge in [-0.2, -0.15) is 0 Å².